The summed E-state index contributed by atoms with van der Waals surface area (Å²) in [6, 6.07) is 11.9. The van der Waals surface area contributed by atoms with E-state index in [1.807, 2.05) is 32.0 Å². The number of aliphatic hydroxyl groups is 1. The third-order valence-corrected chi connectivity index (χ3v) is 5.20. The van der Waals surface area contributed by atoms with Crippen molar-refractivity contribution in [1.82, 2.24) is 9.80 Å². The summed E-state index contributed by atoms with van der Waals surface area (Å²) in [4.78, 5) is 15.6. The fourth-order valence-corrected chi connectivity index (χ4v) is 3.47. The van der Waals surface area contributed by atoms with Gasteiger partial charge in [0, 0.05) is 41.8 Å². The summed E-state index contributed by atoms with van der Waals surface area (Å²) in [5.74, 6) is -0.325. The summed E-state index contributed by atoms with van der Waals surface area (Å²) in [7, 11) is 1.39. The molecule has 2 aromatic carbocycles. The van der Waals surface area contributed by atoms with Crippen LogP contribution in [0.4, 0.5) is 0 Å². The average molecular weight is 433 g/mol. The Morgan fingerprint density at radius 3 is 2.29 bits per heavy atom. The first-order valence-electron chi connectivity index (χ1n) is 13.3. The first-order valence-corrected chi connectivity index (χ1v) is 10.3. The molecule has 6 nitrogen and oxygen atoms in total. The number of β-amino-alcohol motifs (C(OH)–C–C–N with tert-alkyl or cyclic N) is 1. The number of ether oxygens (including phenoxy) is 2. The molecule has 1 unspecified atom stereocenters. The van der Waals surface area contributed by atoms with Crippen molar-refractivity contribution in [2.75, 3.05) is 52.8 Å². The van der Waals surface area contributed by atoms with E-state index in [0.717, 1.165) is 16.7 Å². The number of piperazine rings is 1. The number of carbonyl (C=O) groups excluding carboxylic acids is 1. The number of methoxy groups -OCH3 is 1. The Labute approximate surface area is 193 Å². The van der Waals surface area contributed by atoms with Crippen LogP contribution in [0.3, 0.4) is 0 Å². The van der Waals surface area contributed by atoms with Gasteiger partial charge in [0.1, 0.15) is 12.7 Å². The fourth-order valence-electron chi connectivity index (χ4n) is 3.47. The number of aryl methyl sites for hydroxylation is 2. The Hall–Kier alpha value is -2.41. The first kappa shape index (κ1) is 16.3. The fraction of sp³-hybridized carbons (Fsp3) is 0.480. The Morgan fingerprint density at radius 2 is 1.65 bits per heavy atom. The van der Waals surface area contributed by atoms with Gasteiger partial charge in [0.2, 0.25) is 0 Å². The molecular weight excluding hydrogens is 392 g/mol. The zero-order valence-corrected chi connectivity index (χ0v) is 18.2. The van der Waals surface area contributed by atoms with Crippen LogP contribution in [0.2, 0.25) is 0 Å². The van der Waals surface area contributed by atoms with Crippen molar-refractivity contribution in [3.8, 4) is 11.5 Å². The summed E-state index contributed by atoms with van der Waals surface area (Å²) in [5, 5.41) is 10.7. The number of rotatable bonds is 10. The molecule has 3 rings (SSSR count). The van der Waals surface area contributed by atoms with E-state index in [4.69, 9.17) is 17.7 Å². The number of carbonyl (C=O) groups is 1. The molecule has 1 fully saturated rings. The molecule has 1 aliphatic heterocycles. The number of ketones is 1. The third kappa shape index (κ3) is 6.79. The summed E-state index contributed by atoms with van der Waals surface area (Å²) >= 11 is 0. The molecule has 0 aliphatic carbocycles. The molecular formula is C25H34N2O4. The molecule has 1 atom stereocenters. The molecule has 0 radical (unpaired) electrons. The molecule has 168 valence electrons. The van der Waals surface area contributed by atoms with Crippen molar-refractivity contribution in [3.63, 3.8) is 0 Å². The van der Waals surface area contributed by atoms with Gasteiger partial charge in [-0.2, -0.15) is 0 Å². The zero-order chi connectivity index (χ0) is 27.6. The van der Waals surface area contributed by atoms with E-state index in [9.17, 15) is 9.90 Å². The van der Waals surface area contributed by atoms with Crippen LogP contribution in [0.5, 0.6) is 11.5 Å². The van der Waals surface area contributed by atoms with Crippen LogP contribution < -0.4 is 9.47 Å². The van der Waals surface area contributed by atoms with E-state index >= 15 is 0 Å². The summed E-state index contributed by atoms with van der Waals surface area (Å²) in [6.07, 6.45) is -2.25. The van der Waals surface area contributed by atoms with Crippen molar-refractivity contribution in [1.29, 1.82) is 0 Å². The van der Waals surface area contributed by atoms with Crippen LogP contribution >= 0.6 is 0 Å². The normalized spacial score (nSPS) is 20.4. The quantitative estimate of drug-likeness (QED) is 0.622. The number of benzene rings is 2. The van der Waals surface area contributed by atoms with E-state index in [1.165, 1.54) is 23.0 Å². The molecule has 31 heavy (non-hydrogen) atoms. The highest BCUT2D eigenvalue weighted by Crippen LogP contribution is 2.25. The van der Waals surface area contributed by atoms with E-state index in [0.29, 0.717) is 0 Å². The minimum Gasteiger partial charge on any atom is -0.493 e. The topological polar surface area (TPSA) is 62.2 Å². The van der Waals surface area contributed by atoms with Gasteiger partial charge in [0.05, 0.1) is 19.1 Å². The number of hydrogen-bond donors (Lipinski definition) is 1. The lowest BCUT2D eigenvalue weighted by Crippen LogP contribution is -2.50. The van der Waals surface area contributed by atoms with Gasteiger partial charge in [0.25, 0.3) is 0 Å². The maximum Gasteiger partial charge on any atom is 0.161 e. The highest BCUT2D eigenvalue weighted by atomic mass is 16.5. The second-order valence-electron chi connectivity index (χ2n) is 7.46. The van der Waals surface area contributed by atoms with Gasteiger partial charge in [-0.25, -0.2) is 0 Å². The van der Waals surface area contributed by atoms with Crippen molar-refractivity contribution in [2.45, 2.75) is 26.4 Å². The van der Waals surface area contributed by atoms with Gasteiger partial charge in [-0.15, -0.1) is 0 Å². The molecule has 0 amide bonds. The van der Waals surface area contributed by atoms with Crippen LogP contribution in [-0.2, 0) is 11.2 Å². The summed E-state index contributed by atoms with van der Waals surface area (Å²) < 4.78 is 60.8. The molecule has 2 aromatic rings. The number of para-hydroxylation sites is 2. The maximum absolute atomic E-state index is 13.0. The summed E-state index contributed by atoms with van der Waals surface area (Å²) in [5.41, 5.74) is 2.63. The number of nitrogens with zero attached hydrogens (tertiary/aromatic N) is 2. The van der Waals surface area contributed by atoms with Gasteiger partial charge in [-0.05, 0) is 42.7 Å². The van der Waals surface area contributed by atoms with Crippen LogP contribution in [-0.4, -0.2) is 79.6 Å². The van der Waals surface area contributed by atoms with E-state index < -0.39 is 31.4 Å². The maximum atomic E-state index is 13.0. The van der Waals surface area contributed by atoms with Gasteiger partial charge in [0.15, 0.2) is 17.3 Å². The molecule has 1 saturated heterocycles. The number of aliphatic hydroxyl groups excluding tert-OH is 1. The second kappa shape index (κ2) is 11.3. The second-order valence-corrected chi connectivity index (χ2v) is 7.46. The van der Waals surface area contributed by atoms with E-state index in [-0.39, 0.29) is 44.1 Å². The minimum absolute atomic E-state index is 0.0188. The Kier molecular flexibility index (Phi) is 5.91. The molecule has 1 N–H and O–H groups in total. The third-order valence-electron chi connectivity index (χ3n) is 5.20. The van der Waals surface area contributed by atoms with Crippen LogP contribution in [0, 0.1) is 13.8 Å². The largest absolute Gasteiger partial charge is 0.493 e. The van der Waals surface area contributed by atoms with Gasteiger partial charge < -0.3 is 14.6 Å². The van der Waals surface area contributed by atoms with Crippen LogP contribution in [0.25, 0.3) is 0 Å². The predicted molar refractivity (Wildman–Crippen MR) is 122 cm³/mol. The van der Waals surface area contributed by atoms with Crippen molar-refractivity contribution in [3.05, 3.63) is 59.2 Å². The lowest BCUT2D eigenvalue weighted by Gasteiger charge is -2.35. The predicted octanol–water partition coefficient (Wildman–Crippen LogP) is 2.48. The molecule has 6 heteroatoms. The number of Topliss-reactive ketones (excluding diaryl/α,β-unsaturated/α-hetero) is 1. The zero-order valence-electron chi connectivity index (χ0n) is 24.2. The smallest absolute Gasteiger partial charge is 0.161 e. The number of hydrogen-bond acceptors (Lipinski definition) is 6. The summed E-state index contributed by atoms with van der Waals surface area (Å²) in [6.45, 7) is -3.83. The lowest BCUT2D eigenvalue weighted by atomic mass is 9.98. The van der Waals surface area contributed by atoms with Crippen molar-refractivity contribution >= 4 is 5.78 Å². The standard InChI is InChI=1S/C25H34N2O4/c1-19-7-6-8-20(2)23(19)15-21(28)16-26-11-13-27(14-12-26)17-22(29)18-31-25-10-5-4-9-24(25)30-3/h4-10,22,29H,11-18H2,1-3H3/i16D2,17D2,18D2. The molecule has 0 bridgehead atoms. The van der Waals surface area contributed by atoms with Crippen molar-refractivity contribution < 1.29 is 27.6 Å². The van der Waals surface area contributed by atoms with E-state index in [2.05, 4.69) is 0 Å². The molecule has 0 spiro atoms. The lowest BCUT2D eigenvalue weighted by molar-refractivity contribution is -0.120. The highest BCUT2D eigenvalue weighted by molar-refractivity contribution is 5.83. The first-order chi connectivity index (χ1) is 17.2. The van der Waals surface area contributed by atoms with E-state index in [1.54, 1.807) is 18.2 Å². The average Bonchev–Trinajstić information content (AvgIpc) is 2.85. The molecule has 0 saturated carbocycles. The van der Waals surface area contributed by atoms with Gasteiger partial charge >= 0.3 is 0 Å². The Morgan fingerprint density at radius 1 is 1.03 bits per heavy atom. The SMILES string of the molecule is [2H]C([2H])(Oc1ccccc1OC)C(O)C([2H])([2H])N1CCN(C([2H])([2H])C(=O)Cc2c(C)cccc2C)CC1. The van der Waals surface area contributed by atoms with Gasteiger partial charge in [-0.1, -0.05) is 30.3 Å². The molecule has 0 aromatic heterocycles. The van der Waals surface area contributed by atoms with Crippen LogP contribution in [0.15, 0.2) is 42.5 Å². The minimum atomic E-state index is -2.80. The molecule has 1 heterocycles. The van der Waals surface area contributed by atoms with Crippen molar-refractivity contribution in [2.24, 2.45) is 0 Å². The van der Waals surface area contributed by atoms with Gasteiger partial charge in [-0.3, -0.25) is 14.6 Å². The molecule has 1 aliphatic rings. The highest BCUT2D eigenvalue weighted by Gasteiger charge is 2.21. The monoisotopic (exact) mass is 432 g/mol. The Bertz CT molecular complexity index is 1090. The Balaban J connectivity index is 1.66. The van der Waals surface area contributed by atoms with Crippen LogP contribution in [0.1, 0.15) is 24.9 Å².